The number of methoxy groups -OCH3 is 1. The van der Waals surface area contributed by atoms with Gasteiger partial charge in [0.15, 0.2) is 9.84 Å². The SMILES string of the molecule is CC[C@@H](OCOC)[C@H](C)[C@H](O)/C=C/S(=O)(=O)c1ccccc1. The van der Waals surface area contributed by atoms with Gasteiger partial charge in [0.05, 0.1) is 17.1 Å². The van der Waals surface area contributed by atoms with E-state index in [0.717, 1.165) is 5.41 Å². The van der Waals surface area contributed by atoms with Crippen LogP contribution in [0.2, 0.25) is 0 Å². The molecule has 0 amide bonds. The molecule has 0 aliphatic carbocycles. The van der Waals surface area contributed by atoms with Crippen LogP contribution in [0.3, 0.4) is 0 Å². The van der Waals surface area contributed by atoms with Crippen molar-refractivity contribution >= 4 is 9.84 Å². The molecule has 6 heteroatoms. The van der Waals surface area contributed by atoms with E-state index in [1.165, 1.54) is 25.3 Å². The normalized spacial score (nSPS) is 16.5. The fourth-order valence-corrected chi connectivity index (χ4v) is 3.13. The maximum absolute atomic E-state index is 12.1. The van der Waals surface area contributed by atoms with Crippen molar-refractivity contribution < 1.29 is 23.0 Å². The highest BCUT2D eigenvalue weighted by molar-refractivity contribution is 7.94. The molecule has 0 saturated carbocycles. The second-order valence-electron chi connectivity index (χ2n) is 5.06. The summed E-state index contributed by atoms with van der Waals surface area (Å²) >= 11 is 0. The Hall–Kier alpha value is -1.21. The first kappa shape index (κ1) is 18.8. The summed E-state index contributed by atoms with van der Waals surface area (Å²) in [6.45, 7) is 3.89. The van der Waals surface area contributed by atoms with E-state index in [1.54, 1.807) is 18.2 Å². The monoisotopic (exact) mass is 328 g/mol. The Balaban J connectivity index is 2.76. The highest BCUT2D eigenvalue weighted by Crippen LogP contribution is 2.18. The molecule has 1 aromatic carbocycles. The standard InChI is InChI=1S/C16H24O5S/c1-4-16(21-12-20-3)13(2)15(17)10-11-22(18,19)14-8-6-5-7-9-14/h5-11,13,15-17H,4,12H2,1-3H3/b11-10+/t13-,15-,16-/m1/s1. The molecule has 1 N–H and O–H groups in total. The third-order valence-corrected chi connectivity index (χ3v) is 4.90. The van der Waals surface area contributed by atoms with Gasteiger partial charge in [-0.25, -0.2) is 8.42 Å². The van der Waals surface area contributed by atoms with Gasteiger partial charge in [-0.2, -0.15) is 0 Å². The van der Waals surface area contributed by atoms with Gasteiger partial charge >= 0.3 is 0 Å². The lowest BCUT2D eigenvalue weighted by Crippen LogP contribution is -2.30. The van der Waals surface area contributed by atoms with Crippen LogP contribution in [0.15, 0.2) is 46.7 Å². The van der Waals surface area contributed by atoms with Gasteiger partial charge in [0, 0.05) is 18.4 Å². The van der Waals surface area contributed by atoms with Crippen LogP contribution in [-0.2, 0) is 19.3 Å². The van der Waals surface area contributed by atoms with E-state index in [0.29, 0.717) is 6.42 Å². The number of aliphatic hydroxyl groups is 1. The largest absolute Gasteiger partial charge is 0.389 e. The van der Waals surface area contributed by atoms with Crippen LogP contribution in [0.4, 0.5) is 0 Å². The predicted octanol–water partition coefficient (Wildman–Crippen LogP) is 2.37. The number of aliphatic hydroxyl groups excluding tert-OH is 1. The smallest absolute Gasteiger partial charge is 0.199 e. The third kappa shape index (κ3) is 5.53. The predicted molar refractivity (Wildman–Crippen MR) is 85.0 cm³/mol. The molecular formula is C16H24O5S. The number of hydrogen-bond acceptors (Lipinski definition) is 5. The van der Waals surface area contributed by atoms with Crippen LogP contribution < -0.4 is 0 Å². The second kappa shape index (κ2) is 9.05. The molecule has 0 heterocycles. The summed E-state index contributed by atoms with van der Waals surface area (Å²) in [5.41, 5.74) is 0. The summed E-state index contributed by atoms with van der Waals surface area (Å²) in [7, 11) is -2.02. The second-order valence-corrected chi connectivity index (χ2v) is 6.89. The minimum Gasteiger partial charge on any atom is -0.389 e. The number of rotatable bonds is 9. The molecule has 1 aromatic rings. The third-order valence-electron chi connectivity index (χ3n) is 3.45. The summed E-state index contributed by atoms with van der Waals surface area (Å²) < 4.78 is 34.6. The van der Waals surface area contributed by atoms with Crippen molar-refractivity contribution in [2.24, 2.45) is 5.92 Å². The summed E-state index contributed by atoms with van der Waals surface area (Å²) in [6.07, 6.45) is 0.867. The average molecular weight is 328 g/mol. The molecule has 0 spiro atoms. The average Bonchev–Trinajstić information content (AvgIpc) is 2.54. The maximum Gasteiger partial charge on any atom is 0.199 e. The Bertz CT molecular complexity index is 553. The first-order chi connectivity index (χ1) is 10.4. The zero-order valence-corrected chi connectivity index (χ0v) is 14.0. The van der Waals surface area contributed by atoms with E-state index in [4.69, 9.17) is 9.47 Å². The van der Waals surface area contributed by atoms with Crippen molar-refractivity contribution in [1.82, 2.24) is 0 Å². The quantitative estimate of drug-likeness (QED) is 0.705. The number of benzene rings is 1. The first-order valence-electron chi connectivity index (χ1n) is 7.19. The lowest BCUT2D eigenvalue weighted by molar-refractivity contribution is -0.102. The first-order valence-corrected chi connectivity index (χ1v) is 8.74. The summed E-state index contributed by atoms with van der Waals surface area (Å²) in [6, 6.07) is 8.10. The minimum atomic E-state index is -3.54. The fourth-order valence-electron chi connectivity index (χ4n) is 2.06. The molecule has 0 fully saturated rings. The molecule has 0 radical (unpaired) electrons. The zero-order chi connectivity index (χ0) is 16.6. The molecule has 0 aliphatic heterocycles. The lowest BCUT2D eigenvalue weighted by atomic mass is 9.96. The summed E-state index contributed by atoms with van der Waals surface area (Å²) in [4.78, 5) is 0.203. The van der Waals surface area contributed by atoms with Crippen molar-refractivity contribution in [2.45, 2.75) is 37.4 Å². The van der Waals surface area contributed by atoms with E-state index in [-0.39, 0.29) is 23.7 Å². The van der Waals surface area contributed by atoms with Gasteiger partial charge in [0.1, 0.15) is 6.79 Å². The molecule has 1 rings (SSSR count). The highest BCUT2D eigenvalue weighted by Gasteiger charge is 2.22. The van der Waals surface area contributed by atoms with Gasteiger partial charge in [0.2, 0.25) is 0 Å². The van der Waals surface area contributed by atoms with Crippen molar-refractivity contribution in [3.8, 4) is 0 Å². The van der Waals surface area contributed by atoms with E-state index < -0.39 is 15.9 Å². The van der Waals surface area contributed by atoms with Crippen LogP contribution in [-0.4, -0.2) is 39.6 Å². The Morgan fingerprint density at radius 2 is 1.91 bits per heavy atom. The molecule has 0 aliphatic rings. The molecule has 0 saturated heterocycles. The van der Waals surface area contributed by atoms with Crippen LogP contribution >= 0.6 is 0 Å². The molecule has 22 heavy (non-hydrogen) atoms. The van der Waals surface area contributed by atoms with E-state index >= 15 is 0 Å². The molecule has 3 atom stereocenters. The summed E-state index contributed by atoms with van der Waals surface area (Å²) in [5, 5.41) is 11.2. The minimum absolute atomic E-state index is 0.140. The van der Waals surface area contributed by atoms with Gasteiger partial charge in [0.25, 0.3) is 0 Å². The van der Waals surface area contributed by atoms with Crippen LogP contribution in [0, 0.1) is 5.92 Å². The molecule has 124 valence electrons. The Labute approximate surface area is 132 Å². The topological polar surface area (TPSA) is 72.8 Å². The van der Waals surface area contributed by atoms with Gasteiger partial charge in [-0.1, -0.05) is 32.0 Å². The van der Waals surface area contributed by atoms with Crippen LogP contribution in [0.5, 0.6) is 0 Å². The van der Waals surface area contributed by atoms with Crippen molar-refractivity contribution in [3.63, 3.8) is 0 Å². The van der Waals surface area contributed by atoms with E-state index in [1.807, 2.05) is 13.8 Å². The van der Waals surface area contributed by atoms with E-state index in [2.05, 4.69) is 0 Å². The molecule has 5 nitrogen and oxygen atoms in total. The van der Waals surface area contributed by atoms with Gasteiger partial charge in [-0.3, -0.25) is 0 Å². The Morgan fingerprint density at radius 1 is 1.27 bits per heavy atom. The zero-order valence-electron chi connectivity index (χ0n) is 13.2. The lowest BCUT2D eigenvalue weighted by Gasteiger charge is -2.25. The van der Waals surface area contributed by atoms with Gasteiger partial charge in [-0.05, 0) is 24.6 Å². The molecular weight excluding hydrogens is 304 g/mol. The number of ether oxygens (including phenoxy) is 2. The van der Waals surface area contributed by atoms with Crippen molar-refractivity contribution in [3.05, 3.63) is 41.8 Å². The highest BCUT2D eigenvalue weighted by atomic mass is 32.2. The molecule has 0 aromatic heterocycles. The molecule has 0 bridgehead atoms. The van der Waals surface area contributed by atoms with Crippen molar-refractivity contribution in [2.75, 3.05) is 13.9 Å². The number of sulfone groups is 1. The fraction of sp³-hybridized carbons (Fsp3) is 0.500. The maximum atomic E-state index is 12.1. The van der Waals surface area contributed by atoms with E-state index in [9.17, 15) is 13.5 Å². The molecule has 0 unspecified atom stereocenters. The van der Waals surface area contributed by atoms with Gasteiger partial charge < -0.3 is 14.6 Å². The van der Waals surface area contributed by atoms with Crippen LogP contribution in [0.1, 0.15) is 20.3 Å². The number of hydrogen-bond donors (Lipinski definition) is 1. The van der Waals surface area contributed by atoms with Gasteiger partial charge in [-0.15, -0.1) is 0 Å². The Kier molecular flexibility index (Phi) is 7.75. The Morgan fingerprint density at radius 3 is 2.45 bits per heavy atom. The van der Waals surface area contributed by atoms with Crippen LogP contribution in [0.25, 0.3) is 0 Å². The van der Waals surface area contributed by atoms with Crippen molar-refractivity contribution in [1.29, 1.82) is 0 Å². The summed E-state index contributed by atoms with van der Waals surface area (Å²) in [5.74, 6) is -0.248.